The first kappa shape index (κ1) is 13.4. The predicted octanol–water partition coefficient (Wildman–Crippen LogP) is 5.66. The third-order valence-corrected chi connectivity index (χ3v) is 6.16. The lowest BCUT2D eigenvalue weighted by Gasteiger charge is -2.12. The van der Waals surface area contributed by atoms with E-state index in [9.17, 15) is 0 Å². The zero-order chi connectivity index (χ0) is 12.4. The highest BCUT2D eigenvalue weighted by atomic mass is 79.9. The summed E-state index contributed by atoms with van der Waals surface area (Å²) in [7, 11) is 1.68. The van der Waals surface area contributed by atoms with Gasteiger partial charge in [0.05, 0.1) is 20.7 Å². The Morgan fingerprint density at radius 2 is 2.06 bits per heavy atom. The van der Waals surface area contributed by atoms with Gasteiger partial charge in [-0.25, -0.2) is 0 Å². The number of hydrogen-bond donors (Lipinski definition) is 0. The van der Waals surface area contributed by atoms with E-state index in [-0.39, 0.29) is 4.83 Å². The summed E-state index contributed by atoms with van der Waals surface area (Å²) >= 11 is 14.8. The van der Waals surface area contributed by atoms with Crippen molar-refractivity contribution in [3.63, 3.8) is 0 Å². The maximum absolute atomic E-state index is 6.05. The minimum Gasteiger partial charge on any atom is -0.496 e. The zero-order valence-corrected chi connectivity index (χ0v) is 13.7. The molecule has 0 N–H and O–H groups in total. The molecule has 1 aromatic carbocycles. The van der Waals surface area contributed by atoms with Gasteiger partial charge in [0.15, 0.2) is 0 Å². The van der Waals surface area contributed by atoms with Crippen LogP contribution in [-0.4, -0.2) is 7.11 Å². The number of halogens is 3. The van der Waals surface area contributed by atoms with Gasteiger partial charge >= 0.3 is 0 Å². The Morgan fingerprint density at radius 1 is 1.35 bits per heavy atom. The van der Waals surface area contributed by atoms with E-state index in [0.29, 0.717) is 0 Å². The van der Waals surface area contributed by atoms with Crippen LogP contribution >= 0.6 is 54.8 Å². The number of methoxy groups -OCH3 is 1. The van der Waals surface area contributed by atoms with E-state index in [2.05, 4.69) is 31.9 Å². The van der Waals surface area contributed by atoms with E-state index in [4.69, 9.17) is 16.3 Å². The van der Waals surface area contributed by atoms with Crippen LogP contribution in [0.3, 0.4) is 0 Å². The molecule has 5 heteroatoms. The minimum atomic E-state index is 0.0902. The number of thiophene rings is 1. The Bertz CT molecular complexity index is 507. The van der Waals surface area contributed by atoms with E-state index >= 15 is 0 Å². The van der Waals surface area contributed by atoms with Crippen molar-refractivity contribution in [2.75, 3.05) is 7.11 Å². The first-order valence-electron chi connectivity index (χ1n) is 4.85. The van der Waals surface area contributed by atoms with Gasteiger partial charge in [-0.1, -0.05) is 45.7 Å². The summed E-state index contributed by atoms with van der Waals surface area (Å²) in [6, 6.07) is 9.91. The predicted molar refractivity (Wildman–Crippen MR) is 80.8 cm³/mol. The Balaban J connectivity index is 2.39. The fraction of sp³-hybridized carbons (Fsp3) is 0.167. The highest BCUT2D eigenvalue weighted by molar-refractivity contribution is 9.11. The minimum absolute atomic E-state index is 0.0902. The van der Waals surface area contributed by atoms with Crippen molar-refractivity contribution in [2.45, 2.75) is 4.83 Å². The fourth-order valence-electron chi connectivity index (χ4n) is 1.52. The van der Waals surface area contributed by atoms with Crippen LogP contribution in [0.4, 0.5) is 0 Å². The second-order valence-electron chi connectivity index (χ2n) is 3.37. The summed E-state index contributed by atoms with van der Waals surface area (Å²) in [6.07, 6.45) is 0. The van der Waals surface area contributed by atoms with Crippen molar-refractivity contribution < 1.29 is 4.74 Å². The molecule has 0 saturated carbocycles. The molecule has 17 heavy (non-hydrogen) atoms. The van der Waals surface area contributed by atoms with Crippen LogP contribution in [0.1, 0.15) is 15.3 Å². The smallest absolute Gasteiger partial charge is 0.123 e. The van der Waals surface area contributed by atoms with Gasteiger partial charge in [-0.05, 0) is 28.1 Å². The van der Waals surface area contributed by atoms with Crippen LogP contribution in [0.15, 0.2) is 34.1 Å². The molecule has 0 fully saturated rings. The number of ether oxygens (including phenoxy) is 1. The number of alkyl halides is 1. The fourth-order valence-corrected chi connectivity index (χ4v) is 4.05. The summed E-state index contributed by atoms with van der Waals surface area (Å²) in [5.74, 6) is 0.870. The normalized spacial score (nSPS) is 12.5. The molecule has 0 bridgehead atoms. The molecule has 1 heterocycles. The lowest BCUT2D eigenvalue weighted by molar-refractivity contribution is 0.410. The molecule has 1 aromatic heterocycles. The van der Waals surface area contributed by atoms with Crippen molar-refractivity contribution in [2.24, 2.45) is 0 Å². The molecular formula is C12H9Br2ClOS. The van der Waals surface area contributed by atoms with Crippen LogP contribution in [0.5, 0.6) is 5.75 Å². The average Bonchev–Trinajstić information content (AvgIpc) is 2.68. The van der Waals surface area contributed by atoms with E-state index in [1.165, 1.54) is 0 Å². The van der Waals surface area contributed by atoms with E-state index in [0.717, 1.165) is 25.0 Å². The monoisotopic (exact) mass is 394 g/mol. The molecule has 0 aliphatic heterocycles. The van der Waals surface area contributed by atoms with Crippen LogP contribution in [0, 0.1) is 0 Å². The first-order valence-corrected chi connectivity index (χ1v) is 7.75. The molecule has 2 aromatic rings. The van der Waals surface area contributed by atoms with Crippen molar-refractivity contribution in [3.8, 4) is 5.75 Å². The zero-order valence-electron chi connectivity index (χ0n) is 8.91. The van der Waals surface area contributed by atoms with Gasteiger partial charge in [0.25, 0.3) is 0 Å². The van der Waals surface area contributed by atoms with Crippen molar-refractivity contribution in [3.05, 3.63) is 49.6 Å². The van der Waals surface area contributed by atoms with Crippen molar-refractivity contribution >= 4 is 54.8 Å². The molecule has 0 saturated heterocycles. The van der Waals surface area contributed by atoms with Gasteiger partial charge in [0, 0.05) is 10.4 Å². The molecule has 1 nitrogen and oxygen atoms in total. The van der Waals surface area contributed by atoms with Crippen molar-refractivity contribution in [1.29, 1.82) is 0 Å². The summed E-state index contributed by atoms with van der Waals surface area (Å²) in [5, 5.41) is 0.740. The summed E-state index contributed by atoms with van der Waals surface area (Å²) in [4.78, 5) is 1.24. The summed E-state index contributed by atoms with van der Waals surface area (Å²) < 4.78 is 6.31. The van der Waals surface area contributed by atoms with Crippen LogP contribution < -0.4 is 4.74 Å². The van der Waals surface area contributed by atoms with E-state index in [1.54, 1.807) is 18.4 Å². The highest BCUT2D eigenvalue weighted by Crippen LogP contribution is 2.43. The summed E-state index contributed by atoms with van der Waals surface area (Å²) in [6.45, 7) is 0. The molecule has 90 valence electrons. The lowest BCUT2D eigenvalue weighted by Crippen LogP contribution is -1.94. The van der Waals surface area contributed by atoms with Crippen molar-refractivity contribution in [1.82, 2.24) is 0 Å². The SMILES string of the molecule is COc1ccccc1C(Br)c1cc(Cl)c(Br)s1. The maximum Gasteiger partial charge on any atom is 0.123 e. The third-order valence-electron chi connectivity index (χ3n) is 2.33. The molecule has 2 rings (SSSR count). The first-order chi connectivity index (χ1) is 8.13. The van der Waals surface area contributed by atoms with Gasteiger partial charge in [-0.2, -0.15) is 0 Å². The third kappa shape index (κ3) is 2.87. The van der Waals surface area contributed by atoms with Gasteiger partial charge in [-0.15, -0.1) is 11.3 Å². The molecule has 0 aliphatic rings. The van der Waals surface area contributed by atoms with Gasteiger partial charge in [0.1, 0.15) is 5.75 Å². The quantitative estimate of drug-likeness (QED) is 0.609. The number of benzene rings is 1. The molecule has 1 atom stereocenters. The molecule has 0 aliphatic carbocycles. The van der Waals surface area contributed by atoms with E-state index < -0.39 is 0 Å². The average molecular weight is 397 g/mol. The largest absolute Gasteiger partial charge is 0.496 e. The maximum atomic E-state index is 6.05. The highest BCUT2D eigenvalue weighted by Gasteiger charge is 2.18. The molecule has 0 radical (unpaired) electrons. The van der Waals surface area contributed by atoms with Gasteiger partial charge in [-0.3, -0.25) is 0 Å². The topological polar surface area (TPSA) is 9.23 Å². The van der Waals surface area contributed by atoms with Gasteiger partial charge < -0.3 is 4.74 Å². The molecule has 0 amide bonds. The van der Waals surface area contributed by atoms with E-state index in [1.807, 2.05) is 30.3 Å². The van der Waals surface area contributed by atoms with Crippen LogP contribution in [-0.2, 0) is 0 Å². The van der Waals surface area contributed by atoms with Crippen LogP contribution in [0.25, 0.3) is 0 Å². The summed E-state index contributed by atoms with van der Waals surface area (Å²) in [5.41, 5.74) is 1.10. The Hall–Kier alpha value is -0.0300. The second-order valence-corrected chi connectivity index (χ2v) is 7.10. The Morgan fingerprint density at radius 3 is 2.65 bits per heavy atom. The molecular weight excluding hydrogens is 387 g/mol. The van der Waals surface area contributed by atoms with Crippen LogP contribution in [0.2, 0.25) is 5.02 Å². The Labute approximate surface area is 126 Å². The number of para-hydroxylation sites is 1. The van der Waals surface area contributed by atoms with Gasteiger partial charge in [0.2, 0.25) is 0 Å². The Kier molecular flexibility index (Phi) is 4.53. The lowest BCUT2D eigenvalue weighted by atomic mass is 10.1. The number of rotatable bonds is 3. The number of hydrogen-bond acceptors (Lipinski definition) is 2. The molecule has 0 spiro atoms. The molecule has 1 unspecified atom stereocenters. The standard InChI is InChI=1S/C12H9Br2ClOS/c1-16-9-5-3-2-4-7(9)11(13)10-6-8(15)12(14)17-10/h2-6,11H,1H3. The second kappa shape index (κ2) is 5.74.